The molecular formula is C18H28ClN3O2. The van der Waals surface area contributed by atoms with Gasteiger partial charge in [-0.25, -0.2) is 0 Å². The van der Waals surface area contributed by atoms with Gasteiger partial charge in [-0.15, -0.1) is 12.4 Å². The minimum Gasteiger partial charge on any atom is -0.334 e. The number of carbonyl (C=O) groups is 2. The van der Waals surface area contributed by atoms with Crippen LogP contribution in [0, 0.1) is 0 Å². The van der Waals surface area contributed by atoms with Crippen LogP contribution in [0.1, 0.15) is 38.5 Å². The molecule has 1 aliphatic rings. The van der Waals surface area contributed by atoms with Crippen molar-refractivity contribution in [3.63, 3.8) is 0 Å². The number of nitrogens with two attached hydrogens (primary N) is 1. The van der Waals surface area contributed by atoms with Crippen molar-refractivity contribution in [1.82, 2.24) is 4.90 Å². The number of amides is 2. The van der Waals surface area contributed by atoms with E-state index in [-0.39, 0.29) is 30.3 Å². The van der Waals surface area contributed by atoms with Gasteiger partial charge in [0.1, 0.15) is 6.04 Å². The van der Waals surface area contributed by atoms with E-state index >= 15 is 0 Å². The lowest BCUT2D eigenvalue weighted by Gasteiger charge is -2.24. The summed E-state index contributed by atoms with van der Waals surface area (Å²) < 4.78 is 0. The average Bonchev–Trinajstić information content (AvgIpc) is 2.96. The Labute approximate surface area is 150 Å². The first-order chi connectivity index (χ1) is 11.1. The maximum absolute atomic E-state index is 12.6. The van der Waals surface area contributed by atoms with Crippen LogP contribution in [0.2, 0.25) is 0 Å². The normalized spacial score (nSPS) is 16.8. The number of unbranched alkanes of at least 4 members (excludes halogenated alkanes) is 3. The topological polar surface area (TPSA) is 66.6 Å². The predicted octanol–water partition coefficient (Wildman–Crippen LogP) is 2.58. The number of hydrogen-bond donors (Lipinski definition) is 1. The van der Waals surface area contributed by atoms with Crippen LogP contribution in [0.5, 0.6) is 0 Å². The van der Waals surface area contributed by atoms with E-state index in [1.165, 1.54) is 0 Å². The van der Waals surface area contributed by atoms with Gasteiger partial charge >= 0.3 is 0 Å². The monoisotopic (exact) mass is 353 g/mol. The Balaban J connectivity index is 0.00000288. The summed E-state index contributed by atoms with van der Waals surface area (Å²) in [5.74, 6) is 0.0844. The van der Waals surface area contributed by atoms with Gasteiger partial charge in [0, 0.05) is 25.7 Å². The van der Waals surface area contributed by atoms with Crippen LogP contribution in [0.15, 0.2) is 30.3 Å². The fourth-order valence-corrected chi connectivity index (χ4v) is 3.01. The Bertz CT molecular complexity index is 524. The molecule has 24 heavy (non-hydrogen) atoms. The van der Waals surface area contributed by atoms with Crippen molar-refractivity contribution < 1.29 is 9.59 Å². The second kappa shape index (κ2) is 10.3. The Morgan fingerprint density at radius 1 is 1.21 bits per heavy atom. The molecule has 1 aliphatic heterocycles. The molecule has 0 spiro atoms. The number of nitrogens with zero attached hydrogens (tertiary/aromatic N) is 2. The van der Waals surface area contributed by atoms with Gasteiger partial charge in [-0.2, -0.15) is 0 Å². The Morgan fingerprint density at radius 3 is 2.54 bits per heavy atom. The number of hydrogen-bond acceptors (Lipinski definition) is 3. The van der Waals surface area contributed by atoms with Crippen LogP contribution in [0.4, 0.5) is 5.69 Å². The van der Waals surface area contributed by atoms with Crippen LogP contribution in [0.25, 0.3) is 0 Å². The largest absolute Gasteiger partial charge is 0.334 e. The lowest BCUT2D eigenvalue weighted by Crippen LogP contribution is -2.42. The molecule has 1 fully saturated rings. The first-order valence-electron chi connectivity index (χ1n) is 8.47. The molecule has 5 nitrogen and oxygen atoms in total. The van der Waals surface area contributed by atoms with Crippen LogP contribution in [0.3, 0.4) is 0 Å². The standard InChI is InChI=1S/C18H27N3O2.ClH/c1-20(17(22)11-7-2-3-8-13-19)16-12-14-21(18(16)23)15-9-5-4-6-10-15;/h4-6,9-10,16H,2-3,7-8,11-14,19H2,1H3;1H. The van der Waals surface area contributed by atoms with E-state index in [1.807, 2.05) is 30.3 Å². The third-order valence-corrected chi connectivity index (χ3v) is 4.45. The average molecular weight is 354 g/mol. The van der Waals surface area contributed by atoms with E-state index in [0.29, 0.717) is 25.9 Å². The highest BCUT2D eigenvalue weighted by Crippen LogP contribution is 2.24. The number of para-hydroxylation sites is 1. The van der Waals surface area contributed by atoms with Crippen molar-refractivity contribution >= 4 is 29.9 Å². The predicted molar refractivity (Wildman–Crippen MR) is 99.4 cm³/mol. The number of likely N-dealkylation sites (N-methyl/N-ethyl adjacent to an activating group) is 1. The number of halogens is 1. The summed E-state index contributed by atoms with van der Waals surface area (Å²) in [5.41, 5.74) is 6.37. The van der Waals surface area contributed by atoms with Gasteiger partial charge in [-0.05, 0) is 37.9 Å². The van der Waals surface area contributed by atoms with Crippen LogP contribution in [-0.4, -0.2) is 42.9 Å². The zero-order valence-electron chi connectivity index (χ0n) is 14.3. The molecule has 1 aromatic carbocycles. The second-order valence-corrected chi connectivity index (χ2v) is 6.09. The van der Waals surface area contributed by atoms with Gasteiger partial charge in [-0.3, -0.25) is 9.59 Å². The third-order valence-electron chi connectivity index (χ3n) is 4.45. The molecule has 2 rings (SSSR count). The maximum Gasteiger partial charge on any atom is 0.249 e. The molecule has 0 bridgehead atoms. The summed E-state index contributed by atoms with van der Waals surface area (Å²) in [6.45, 7) is 1.38. The van der Waals surface area contributed by atoms with Gasteiger partial charge in [0.05, 0.1) is 0 Å². The molecule has 2 amide bonds. The zero-order chi connectivity index (χ0) is 16.7. The molecule has 0 aliphatic carbocycles. The molecule has 1 saturated heterocycles. The summed E-state index contributed by atoms with van der Waals surface area (Å²) in [4.78, 5) is 28.3. The SMILES string of the molecule is CN(C(=O)CCCCCCN)C1CCN(c2ccccc2)C1=O.Cl. The number of carbonyl (C=O) groups excluding carboxylic acids is 2. The van der Waals surface area contributed by atoms with Gasteiger partial charge in [0.15, 0.2) is 0 Å². The minimum absolute atomic E-state index is 0. The minimum atomic E-state index is -0.327. The highest BCUT2D eigenvalue weighted by atomic mass is 35.5. The first-order valence-corrected chi connectivity index (χ1v) is 8.47. The molecule has 1 heterocycles. The lowest BCUT2D eigenvalue weighted by molar-refractivity contribution is -0.136. The van der Waals surface area contributed by atoms with E-state index in [0.717, 1.165) is 31.4 Å². The number of anilines is 1. The second-order valence-electron chi connectivity index (χ2n) is 6.09. The fraction of sp³-hybridized carbons (Fsp3) is 0.556. The van der Waals surface area contributed by atoms with Gasteiger partial charge < -0.3 is 15.5 Å². The summed E-state index contributed by atoms with van der Waals surface area (Å²) in [6, 6.07) is 9.31. The highest BCUT2D eigenvalue weighted by molar-refractivity contribution is 6.01. The van der Waals surface area contributed by atoms with Crippen molar-refractivity contribution in [3.8, 4) is 0 Å². The molecule has 0 radical (unpaired) electrons. The third kappa shape index (κ3) is 5.21. The van der Waals surface area contributed by atoms with Crippen molar-refractivity contribution in [3.05, 3.63) is 30.3 Å². The van der Waals surface area contributed by atoms with E-state index in [9.17, 15) is 9.59 Å². The Morgan fingerprint density at radius 2 is 1.88 bits per heavy atom. The Hall–Kier alpha value is -1.59. The maximum atomic E-state index is 12.6. The molecule has 2 N–H and O–H groups in total. The van der Waals surface area contributed by atoms with E-state index in [2.05, 4.69) is 0 Å². The quantitative estimate of drug-likeness (QED) is 0.730. The summed E-state index contributed by atoms with van der Waals surface area (Å²) in [5, 5.41) is 0. The zero-order valence-corrected chi connectivity index (χ0v) is 15.1. The Kier molecular flexibility index (Phi) is 8.79. The van der Waals surface area contributed by atoms with Crippen molar-refractivity contribution in [2.75, 3.05) is 25.0 Å². The van der Waals surface area contributed by atoms with Gasteiger partial charge in [0.2, 0.25) is 11.8 Å². The molecule has 1 unspecified atom stereocenters. The van der Waals surface area contributed by atoms with Crippen LogP contribution in [-0.2, 0) is 9.59 Å². The van der Waals surface area contributed by atoms with Crippen molar-refractivity contribution in [1.29, 1.82) is 0 Å². The fourth-order valence-electron chi connectivity index (χ4n) is 3.01. The van der Waals surface area contributed by atoms with E-state index < -0.39 is 0 Å². The summed E-state index contributed by atoms with van der Waals surface area (Å²) in [6.07, 6.45) is 5.17. The summed E-state index contributed by atoms with van der Waals surface area (Å²) in [7, 11) is 1.75. The molecular weight excluding hydrogens is 326 g/mol. The highest BCUT2D eigenvalue weighted by Gasteiger charge is 2.36. The van der Waals surface area contributed by atoms with Gasteiger partial charge in [0.25, 0.3) is 0 Å². The van der Waals surface area contributed by atoms with Crippen LogP contribution < -0.4 is 10.6 Å². The first kappa shape index (κ1) is 20.5. The van der Waals surface area contributed by atoms with E-state index in [1.54, 1.807) is 16.8 Å². The smallest absolute Gasteiger partial charge is 0.249 e. The molecule has 6 heteroatoms. The molecule has 0 saturated carbocycles. The molecule has 134 valence electrons. The number of rotatable bonds is 8. The van der Waals surface area contributed by atoms with Gasteiger partial charge in [-0.1, -0.05) is 31.0 Å². The summed E-state index contributed by atoms with van der Waals surface area (Å²) >= 11 is 0. The van der Waals surface area contributed by atoms with Crippen molar-refractivity contribution in [2.45, 2.75) is 44.6 Å². The lowest BCUT2D eigenvalue weighted by atomic mass is 10.1. The molecule has 0 aromatic heterocycles. The number of benzene rings is 1. The van der Waals surface area contributed by atoms with E-state index in [4.69, 9.17) is 5.73 Å². The van der Waals surface area contributed by atoms with Crippen molar-refractivity contribution in [2.24, 2.45) is 5.73 Å². The molecule has 1 aromatic rings. The molecule has 1 atom stereocenters. The van der Waals surface area contributed by atoms with Crippen LogP contribution >= 0.6 is 12.4 Å².